The van der Waals surface area contributed by atoms with E-state index < -0.39 is 27.5 Å². The van der Waals surface area contributed by atoms with E-state index in [-0.39, 0.29) is 30.8 Å². The molecule has 18 heavy (non-hydrogen) atoms. The predicted octanol–water partition coefficient (Wildman–Crippen LogP) is 0.474. The van der Waals surface area contributed by atoms with Crippen molar-refractivity contribution >= 4 is 21.8 Å². The van der Waals surface area contributed by atoms with Crippen LogP contribution in [-0.2, 0) is 28.9 Å². The molecule has 0 aromatic rings. The van der Waals surface area contributed by atoms with Crippen LogP contribution in [0.15, 0.2) is 12.2 Å². The average Bonchev–Trinajstić information content (AvgIpc) is 2.28. The Hall–Kier alpha value is -1.37. The third-order valence-electron chi connectivity index (χ3n) is 2.02. The van der Waals surface area contributed by atoms with Gasteiger partial charge in [-0.15, -0.1) is 0 Å². The zero-order chi connectivity index (χ0) is 14.2. The Labute approximate surface area is 107 Å². The van der Waals surface area contributed by atoms with Gasteiger partial charge in [0, 0.05) is 12.0 Å². The summed E-state index contributed by atoms with van der Waals surface area (Å²) in [4.78, 5) is 22.0. The quantitative estimate of drug-likeness (QED) is 0.474. The van der Waals surface area contributed by atoms with Crippen molar-refractivity contribution in [1.82, 2.24) is 0 Å². The average molecular weight is 278 g/mol. The van der Waals surface area contributed by atoms with Gasteiger partial charge in [-0.25, -0.2) is 13.2 Å². The number of rotatable bonds is 8. The van der Waals surface area contributed by atoms with Gasteiger partial charge in [0.1, 0.15) is 0 Å². The monoisotopic (exact) mass is 278 g/mol. The van der Waals surface area contributed by atoms with Gasteiger partial charge >= 0.3 is 11.9 Å². The maximum Gasteiger partial charge on any atom is 0.334 e. The molecule has 0 atom stereocenters. The first-order valence-corrected chi connectivity index (χ1v) is 7.26. The Balaban J connectivity index is 4.19. The van der Waals surface area contributed by atoms with Crippen molar-refractivity contribution in [3.8, 4) is 0 Å². The van der Waals surface area contributed by atoms with Crippen LogP contribution < -0.4 is 0 Å². The molecule has 0 fully saturated rings. The minimum absolute atomic E-state index is 0.0294. The van der Waals surface area contributed by atoms with Crippen LogP contribution in [0.2, 0.25) is 0 Å². The molecule has 0 heterocycles. The molecule has 0 amide bonds. The summed E-state index contributed by atoms with van der Waals surface area (Å²) in [5.74, 6) is -1.82. The smallest absolute Gasteiger partial charge is 0.334 e. The van der Waals surface area contributed by atoms with Crippen LogP contribution in [-0.4, -0.2) is 45.6 Å². The molecule has 0 bridgehead atoms. The maximum absolute atomic E-state index is 11.6. The van der Waals surface area contributed by atoms with Crippen molar-refractivity contribution in [2.24, 2.45) is 0 Å². The number of hydrogen-bond donors (Lipinski definition) is 0. The lowest BCUT2D eigenvalue weighted by Crippen LogP contribution is -2.19. The van der Waals surface area contributed by atoms with Crippen LogP contribution in [0.5, 0.6) is 0 Å². The predicted molar refractivity (Wildman–Crippen MR) is 65.7 cm³/mol. The summed E-state index contributed by atoms with van der Waals surface area (Å²) in [6, 6.07) is 0. The van der Waals surface area contributed by atoms with Crippen LogP contribution in [0.1, 0.15) is 19.8 Å². The van der Waals surface area contributed by atoms with Crippen LogP contribution in [0, 0.1) is 0 Å². The summed E-state index contributed by atoms with van der Waals surface area (Å²) in [6.45, 7) is 5.16. The van der Waals surface area contributed by atoms with Gasteiger partial charge in [-0.2, -0.15) is 0 Å². The molecule has 7 heteroatoms. The number of sulfone groups is 1. The molecule has 0 aliphatic heterocycles. The molecule has 0 N–H and O–H groups in total. The van der Waals surface area contributed by atoms with Crippen LogP contribution in [0.4, 0.5) is 0 Å². The Morgan fingerprint density at radius 3 is 2.39 bits per heavy atom. The second-order valence-electron chi connectivity index (χ2n) is 3.60. The second kappa shape index (κ2) is 7.86. The lowest BCUT2D eigenvalue weighted by Gasteiger charge is -2.06. The summed E-state index contributed by atoms with van der Waals surface area (Å²) >= 11 is 0. The van der Waals surface area contributed by atoms with E-state index in [1.807, 2.05) is 0 Å². The van der Waals surface area contributed by atoms with E-state index in [4.69, 9.17) is 0 Å². The van der Waals surface area contributed by atoms with E-state index in [1.165, 1.54) is 7.11 Å². The molecule has 0 aliphatic carbocycles. The summed E-state index contributed by atoms with van der Waals surface area (Å²) in [6.07, 6.45) is 0.187. The van der Waals surface area contributed by atoms with Gasteiger partial charge in [0.2, 0.25) is 0 Å². The van der Waals surface area contributed by atoms with Crippen LogP contribution in [0.25, 0.3) is 0 Å². The van der Waals surface area contributed by atoms with Gasteiger partial charge in [0.15, 0.2) is 9.84 Å². The Bertz CT molecular complexity index is 409. The van der Waals surface area contributed by atoms with Gasteiger partial charge in [0.05, 0.1) is 25.2 Å². The van der Waals surface area contributed by atoms with Crippen molar-refractivity contribution in [2.75, 3.05) is 25.2 Å². The fourth-order valence-corrected chi connectivity index (χ4v) is 2.55. The molecule has 0 radical (unpaired) electrons. The van der Waals surface area contributed by atoms with Crippen molar-refractivity contribution in [1.29, 1.82) is 0 Å². The minimum atomic E-state index is -3.46. The summed E-state index contributed by atoms with van der Waals surface area (Å²) < 4.78 is 32.2. The Morgan fingerprint density at radius 2 is 1.89 bits per heavy atom. The van der Waals surface area contributed by atoms with E-state index in [9.17, 15) is 18.0 Å². The normalized spacial score (nSPS) is 10.8. The third kappa shape index (κ3) is 7.05. The number of methoxy groups -OCH3 is 1. The first-order chi connectivity index (χ1) is 8.32. The molecular weight excluding hydrogens is 260 g/mol. The van der Waals surface area contributed by atoms with E-state index in [1.54, 1.807) is 6.92 Å². The van der Waals surface area contributed by atoms with Crippen molar-refractivity contribution in [2.45, 2.75) is 19.8 Å². The van der Waals surface area contributed by atoms with Crippen molar-refractivity contribution in [3.05, 3.63) is 12.2 Å². The first-order valence-electron chi connectivity index (χ1n) is 5.44. The highest BCUT2D eigenvalue weighted by atomic mass is 32.2. The number of ether oxygens (including phenoxy) is 2. The molecule has 0 saturated heterocycles. The molecule has 0 aliphatic rings. The highest BCUT2D eigenvalue weighted by molar-refractivity contribution is 7.91. The molecular formula is C11H18O6S. The zero-order valence-electron chi connectivity index (χ0n) is 10.6. The Morgan fingerprint density at radius 1 is 1.28 bits per heavy atom. The lowest BCUT2D eigenvalue weighted by molar-refractivity contribution is -0.140. The van der Waals surface area contributed by atoms with Gasteiger partial charge in [-0.05, 0) is 13.3 Å². The fourth-order valence-electron chi connectivity index (χ4n) is 1.17. The summed E-state index contributed by atoms with van der Waals surface area (Å²) in [5.41, 5.74) is -0.102. The molecule has 0 spiro atoms. The maximum atomic E-state index is 11.6. The SMILES string of the molecule is C=C(CS(=O)(=O)CCCC(=O)OC)C(=O)OCC. The van der Waals surface area contributed by atoms with Crippen molar-refractivity contribution < 1.29 is 27.5 Å². The highest BCUT2D eigenvalue weighted by Gasteiger charge is 2.18. The highest BCUT2D eigenvalue weighted by Crippen LogP contribution is 2.05. The molecule has 0 aromatic heterocycles. The van der Waals surface area contributed by atoms with Crippen LogP contribution in [0.3, 0.4) is 0 Å². The zero-order valence-corrected chi connectivity index (χ0v) is 11.4. The molecule has 0 unspecified atom stereocenters. The number of carbonyl (C=O) groups is 2. The minimum Gasteiger partial charge on any atom is -0.469 e. The standard InChI is InChI=1S/C11H18O6S/c1-4-17-11(13)9(2)8-18(14,15)7-5-6-10(12)16-3/h2,4-8H2,1,3H3. The van der Waals surface area contributed by atoms with Crippen molar-refractivity contribution in [3.63, 3.8) is 0 Å². The summed E-state index contributed by atoms with van der Waals surface area (Å²) in [7, 11) is -2.22. The van der Waals surface area contributed by atoms with Gasteiger partial charge in [-0.3, -0.25) is 4.79 Å². The van der Waals surface area contributed by atoms with Gasteiger partial charge in [0.25, 0.3) is 0 Å². The Kier molecular flexibility index (Phi) is 7.26. The lowest BCUT2D eigenvalue weighted by atomic mass is 10.3. The van der Waals surface area contributed by atoms with Gasteiger partial charge < -0.3 is 9.47 Å². The largest absolute Gasteiger partial charge is 0.469 e. The van der Waals surface area contributed by atoms with Crippen LogP contribution >= 0.6 is 0 Å². The molecule has 0 saturated carbocycles. The molecule has 0 rings (SSSR count). The third-order valence-corrected chi connectivity index (χ3v) is 3.72. The van der Waals surface area contributed by atoms with E-state index >= 15 is 0 Å². The number of hydrogen-bond acceptors (Lipinski definition) is 6. The van der Waals surface area contributed by atoms with E-state index in [2.05, 4.69) is 16.1 Å². The second-order valence-corrected chi connectivity index (χ2v) is 5.78. The topological polar surface area (TPSA) is 86.7 Å². The first kappa shape index (κ1) is 16.6. The molecule has 104 valence electrons. The number of esters is 2. The fraction of sp³-hybridized carbons (Fsp3) is 0.636. The molecule has 6 nitrogen and oxygen atoms in total. The summed E-state index contributed by atoms with van der Waals surface area (Å²) in [5, 5.41) is 0. The van der Waals surface area contributed by atoms with E-state index in [0.717, 1.165) is 0 Å². The van der Waals surface area contributed by atoms with E-state index in [0.29, 0.717) is 0 Å². The molecule has 0 aromatic carbocycles. The van der Waals surface area contributed by atoms with Gasteiger partial charge in [-0.1, -0.05) is 6.58 Å². The number of carbonyl (C=O) groups excluding carboxylic acids is 2.